The number of benzene rings is 1. The highest BCUT2D eigenvalue weighted by Crippen LogP contribution is 2.15. The van der Waals surface area contributed by atoms with Gasteiger partial charge < -0.3 is 4.90 Å². The van der Waals surface area contributed by atoms with Gasteiger partial charge in [0.05, 0.1) is 6.42 Å². The monoisotopic (exact) mass is 339 g/mol. The molecule has 3 N–H and O–H groups in total. The maximum atomic E-state index is 11.3. The van der Waals surface area contributed by atoms with Crippen LogP contribution in [0.3, 0.4) is 0 Å². The SMILES string of the molecule is NNC(=O)Cc1ccc(CCc2cnc(N3CCCCC3)nc2)cc1. The second-order valence-corrected chi connectivity index (χ2v) is 6.50. The van der Waals surface area contributed by atoms with Crippen molar-refractivity contribution in [2.24, 2.45) is 5.84 Å². The Labute approximate surface area is 148 Å². The van der Waals surface area contributed by atoms with E-state index in [-0.39, 0.29) is 5.91 Å². The summed E-state index contributed by atoms with van der Waals surface area (Å²) < 4.78 is 0. The molecule has 0 radical (unpaired) electrons. The van der Waals surface area contributed by atoms with Crippen molar-refractivity contribution in [1.29, 1.82) is 0 Å². The highest BCUT2D eigenvalue weighted by Gasteiger charge is 2.12. The summed E-state index contributed by atoms with van der Waals surface area (Å²) in [7, 11) is 0. The van der Waals surface area contributed by atoms with Crippen LogP contribution in [0.5, 0.6) is 0 Å². The molecule has 0 unspecified atom stereocenters. The third kappa shape index (κ3) is 5.00. The molecule has 0 aliphatic carbocycles. The number of aryl methyl sites for hydroxylation is 2. The minimum absolute atomic E-state index is 0.182. The van der Waals surface area contributed by atoms with Crippen LogP contribution in [0.25, 0.3) is 0 Å². The van der Waals surface area contributed by atoms with E-state index >= 15 is 0 Å². The van der Waals surface area contributed by atoms with Gasteiger partial charge in [-0.2, -0.15) is 0 Å². The lowest BCUT2D eigenvalue weighted by atomic mass is 10.0. The van der Waals surface area contributed by atoms with Gasteiger partial charge in [-0.05, 0) is 48.8 Å². The first-order chi connectivity index (χ1) is 12.2. The molecule has 1 aromatic carbocycles. The largest absolute Gasteiger partial charge is 0.341 e. The number of carbonyl (C=O) groups is 1. The molecule has 25 heavy (non-hydrogen) atoms. The average molecular weight is 339 g/mol. The van der Waals surface area contributed by atoms with Crippen molar-refractivity contribution >= 4 is 11.9 Å². The van der Waals surface area contributed by atoms with Crippen LogP contribution in [-0.2, 0) is 24.1 Å². The first-order valence-electron chi connectivity index (χ1n) is 8.88. The van der Waals surface area contributed by atoms with Crippen molar-refractivity contribution in [2.45, 2.75) is 38.5 Å². The van der Waals surface area contributed by atoms with Gasteiger partial charge in [0.25, 0.3) is 0 Å². The Kier molecular flexibility index (Phi) is 5.95. The van der Waals surface area contributed by atoms with Gasteiger partial charge in [0.2, 0.25) is 11.9 Å². The fourth-order valence-electron chi connectivity index (χ4n) is 3.08. The van der Waals surface area contributed by atoms with Crippen molar-refractivity contribution in [1.82, 2.24) is 15.4 Å². The molecule has 2 aromatic rings. The molecule has 1 aromatic heterocycles. The van der Waals surface area contributed by atoms with Crippen molar-refractivity contribution in [3.63, 3.8) is 0 Å². The first-order valence-corrected chi connectivity index (χ1v) is 8.88. The standard InChI is InChI=1S/C19H25N5O/c20-23-18(25)12-16-7-4-15(5-8-16)6-9-17-13-21-19(22-14-17)24-10-2-1-3-11-24/h4-5,7-8,13-14H,1-3,6,9-12,20H2,(H,23,25). The maximum absolute atomic E-state index is 11.3. The molecule has 1 amide bonds. The van der Waals surface area contributed by atoms with Crippen LogP contribution in [0.15, 0.2) is 36.7 Å². The van der Waals surface area contributed by atoms with Crippen molar-refractivity contribution in [3.8, 4) is 0 Å². The van der Waals surface area contributed by atoms with Gasteiger partial charge in [0, 0.05) is 25.5 Å². The van der Waals surface area contributed by atoms with Crippen LogP contribution in [0.2, 0.25) is 0 Å². The van der Waals surface area contributed by atoms with Gasteiger partial charge in [-0.1, -0.05) is 24.3 Å². The number of nitrogens with one attached hydrogen (secondary N) is 1. The highest BCUT2D eigenvalue weighted by atomic mass is 16.2. The molecule has 132 valence electrons. The molecule has 3 rings (SSSR count). The molecule has 0 atom stereocenters. The average Bonchev–Trinajstić information content (AvgIpc) is 2.68. The summed E-state index contributed by atoms with van der Waals surface area (Å²) in [6.45, 7) is 2.13. The van der Waals surface area contributed by atoms with Crippen molar-refractivity contribution < 1.29 is 4.79 Å². The third-order valence-corrected chi connectivity index (χ3v) is 4.58. The molecule has 6 nitrogen and oxygen atoms in total. The number of hydrogen-bond donors (Lipinski definition) is 2. The first kappa shape index (κ1) is 17.4. The van der Waals surface area contributed by atoms with Crippen LogP contribution >= 0.6 is 0 Å². The molecule has 2 heterocycles. The minimum Gasteiger partial charge on any atom is -0.341 e. The molecule has 1 aliphatic heterocycles. The summed E-state index contributed by atoms with van der Waals surface area (Å²) >= 11 is 0. The Morgan fingerprint density at radius 1 is 0.960 bits per heavy atom. The Hall–Kier alpha value is -2.47. The number of anilines is 1. The number of aromatic nitrogens is 2. The molecule has 1 aliphatic rings. The van der Waals surface area contributed by atoms with E-state index in [0.717, 1.165) is 43.0 Å². The molecule has 0 saturated carbocycles. The summed E-state index contributed by atoms with van der Waals surface area (Å²) in [6, 6.07) is 8.06. The molecular formula is C19H25N5O. The summed E-state index contributed by atoms with van der Waals surface area (Å²) in [4.78, 5) is 22.6. The second kappa shape index (κ2) is 8.58. The van der Waals surface area contributed by atoms with Gasteiger partial charge in [-0.3, -0.25) is 10.2 Å². The smallest absolute Gasteiger partial charge is 0.238 e. The van der Waals surface area contributed by atoms with Crippen LogP contribution in [0.1, 0.15) is 36.0 Å². The van der Waals surface area contributed by atoms with Crippen LogP contribution in [-0.4, -0.2) is 29.0 Å². The molecular weight excluding hydrogens is 314 g/mol. The third-order valence-electron chi connectivity index (χ3n) is 4.58. The Morgan fingerprint density at radius 3 is 2.20 bits per heavy atom. The zero-order valence-electron chi connectivity index (χ0n) is 14.4. The van der Waals surface area contributed by atoms with Gasteiger partial charge >= 0.3 is 0 Å². The van der Waals surface area contributed by atoms with Gasteiger partial charge in [-0.25, -0.2) is 15.8 Å². The maximum Gasteiger partial charge on any atom is 0.238 e. The summed E-state index contributed by atoms with van der Waals surface area (Å²) in [6.07, 6.45) is 9.79. The Balaban J connectivity index is 1.52. The van der Waals surface area contributed by atoms with E-state index < -0.39 is 0 Å². The van der Waals surface area contributed by atoms with E-state index in [0.29, 0.717) is 6.42 Å². The fourth-order valence-corrected chi connectivity index (χ4v) is 3.08. The topological polar surface area (TPSA) is 84.1 Å². The fraction of sp³-hybridized carbons (Fsp3) is 0.421. The predicted octanol–water partition coefficient (Wildman–Crippen LogP) is 1.78. The Bertz CT molecular complexity index is 678. The van der Waals surface area contributed by atoms with E-state index in [9.17, 15) is 4.79 Å². The van der Waals surface area contributed by atoms with Crippen molar-refractivity contribution in [2.75, 3.05) is 18.0 Å². The second-order valence-electron chi connectivity index (χ2n) is 6.50. The van der Waals surface area contributed by atoms with Crippen molar-refractivity contribution in [3.05, 3.63) is 53.3 Å². The lowest BCUT2D eigenvalue weighted by Gasteiger charge is -2.26. The summed E-state index contributed by atoms with van der Waals surface area (Å²) in [5.41, 5.74) is 5.48. The molecule has 0 bridgehead atoms. The van der Waals surface area contributed by atoms with Gasteiger partial charge in [-0.15, -0.1) is 0 Å². The summed E-state index contributed by atoms with van der Waals surface area (Å²) in [5.74, 6) is 5.78. The molecule has 1 saturated heterocycles. The molecule has 6 heteroatoms. The zero-order chi connectivity index (χ0) is 17.5. The lowest BCUT2D eigenvalue weighted by Crippen LogP contribution is -2.31. The normalized spacial score (nSPS) is 14.4. The minimum atomic E-state index is -0.182. The predicted molar refractivity (Wildman–Crippen MR) is 98.0 cm³/mol. The number of amides is 1. The highest BCUT2D eigenvalue weighted by molar-refractivity contribution is 5.77. The van der Waals surface area contributed by atoms with E-state index in [1.165, 1.54) is 24.8 Å². The number of hydrogen-bond acceptors (Lipinski definition) is 5. The number of piperidine rings is 1. The quantitative estimate of drug-likeness (QED) is 0.476. The zero-order valence-corrected chi connectivity index (χ0v) is 14.4. The number of nitrogens with two attached hydrogens (primary N) is 1. The van der Waals surface area contributed by atoms with E-state index in [2.05, 4.69) is 32.4 Å². The number of rotatable bonds is 6. The number of nitrogens with zero attached hydrogens (tertiary/aromatic N) is 3. The Morgan fingerprint density at radius 2 is 1.56 bits per heavy atom. The van der Waals surface area contributed by atoms with Crippen LogP contribution in [0.4, 0.5) is 5.95 Å². The number of carbonyl (C=O) groups excluding carboxylic acids is 1. The summed E-state index contributed by atoms with van der Waals surface area (Å²) in [5, 5.41) is 0. The molecule has 1 fully saturated rings. The number of hydrazine groups is 1. The van der Waals surface area contributed by atoms with E-state index in [1.807, 2.05) is 24.5 Å². The van der Waals surface area contributed by atoms with E-state index in [1.54, 1.807) is 0 Å². The van der Waals surface area contributed by atoms with Gasteiger partial charge in [0.15, 0.2) is 0 Å². The van der Waals surface area contributed by atoms with Crippen LogP contribution in [0, 0.1) is 0 Å². The molecule has 0 spiro atoms. The van der Waals surface area contributed by atoms with E-state index in [4.69, 9.17) is 5.84 Å². The van der Waals surface area contributed by atoms with Crippen LogP contribution < -0.4 is 16.2 Å². The lowest BCUT2D eigenvalue weighted by molar-refractivity contribution is -0.120. The van der Waals surface area contributed by atoms with Gasteiger partial charge in [0.1, 0.15) is 0 Å².